The second-order valence-electron chi connectivity index (χ2n) is 4.24. The maximum atomic E-state index is 11.9. The van der Waals surface area contributed by atoms with Crippen LogP contribution in [0, 0.1) is 3.57 Å². The van der Waals surface area contributed by atoms with Gasteiger partial charge in [-0.25, -0.2) is 0 Å². The largest absolute Gasteiger partial charge is 0.481 e. The number of rotatable bonds is 6. The molecule has 0 aromatic heterocycles. The zero-order valence-corrected chi connectivity index (χ0v) is 13.2. The summed E-state index contributed by atoms with van der Waals surface area (Å²) in [6.07, 6.45) is 1.42. The fourth-order valence-corrected chi connectivity index (χ4v) is 1.94. The molecule has 0 aliphatic rings. The molecule has 1 aromatic rings. The summed E-state index contributed by atoms with van der Waals surface area (Å²) in [6, 6.07) is 7.91. The number of carbonyl (C=O) groups is 1. The number of carbonyl (C=O) groups excluding carboxylic acids is 1. The second-order valence-corrected chi connectivity index (χ2v) is 5.48. The van der Waals surface area contributed by atoms with E-state index in [1.165, 1.54) is 0 Å². The van der Waals surface area contributed by atoms with Crippen LogP contribution in [0.3, 0.4) is 0 Å². The van der Waals surface area contributed by atoms with Crippen molar-refractivity contribution in [3.63, 3.8) is 0 Å². The van der Waals surface area contributed by atoms with Gasteiger partial charge in [-0.1, -0.05) is 13.8 Å². The number of hydrogen-bond acceptors (Lipinski definition) is 2. The molecule has 3 nitrogen and oxygen atoms in total. The van der Waals surface area contributed by atoms with Crippen LogP contribution in [0.1, 0.15) is 33.6 Å². The molecular weight excluding hydrogens is 341 g/mol. The van der Waals surface area contributed by atoms with Crippen LogP contribution >= 0.6 is 22.6 Å². The summed E-state index contributed by atoms with van der Waals surface area (Å²) < 4.78 is 6.75. The number of amides is 1. The molecule has 100 valence electrons. The van der Waals surface area contributed by atoms with Gasteiger partial charge in [0.2, 0.25) is 0 Å². The first kappa shape index (κ1) is 15.3. The molecule has 18 heavy (non-hydrogen) atoms. The van der Waals surface area contributed by atoms with Gasteiger partial charge in [-0.3, -0.25) is 4.79 Å². The van der Waals surface area contributed by atoms with Crippen molar-refractivity contribution < 1.29 is 9.53 Å². The zero-order chi connectivity index (χ0) is 13.5. The second kappa shape index (κ2) is 7.61. The summed E-state index contributed by atoms with van der Waals surface area (Å²) in [6.45, 7) is 5.91. The Balaban J connectivity index is 2.51. The summed E-state index contributed by atoms with van der Waals surface area (Å²) in [5.74, 6) is 0.671. The van der Waals surface area contributed by atoms with Crippen LogP contribution in [-0.2, 0) is 4.79 Å². The Hall–Kier alpha value is -0.780. The van der Waals surface area contributed by atoms with Crippen LogP contribution in [0.5, 0.6) is 5.75 Å². The first-order valence-electron chi connectivity index (χ1n) is 6.29. The SMILES string of the molecule is CCC(CC)NC(=O)C(C)Oc1ccc(I)cc1. The topological polar surface area (TPSA) is 38.3 Å². The maximum absolute atomic E-state index is 11.9. The molecule has 0 saturated heterocycles. The standard InChI is InChI=1S/C14H20INO2/c1-4-12(5-2)16-14(17)10(3)18-13-8-6-11(15)7-9-13/h6-10,12H,4-5H2,1-3H3,(H,16,17). The molecule has 0 radical (unpaired) electrons. The highest BCUT2D eigenvalue weighted by Crippen LogP contribution is 2.15. The average Bonchev–Trinajstić information content (AvgIpc) is 2.38. The van der Waals surface area contributed by atoms with Crippen molar-refractivity contribution in [2.45, 2.75) is 45.8 Å². The average molecular weight is 361 g/mol. The summed E-state index contributed by atoms with van der Waals surface area (Å²) in [4.78, 5) is 11.9. The van der Waals surface area contributed by atoms with Gasteiger partial charge < -0.3 is 10.1 Å². The third kappa shape index (κ3) is 4.84. The third-order valence-electron chi connectivity index (χ3n) is 2.83. The summed E-state index contributed by atoms with van der Waals surface area (Å²) >= 11 is 2.23. The molecule has 1 rings (SSSR count). The monoisotopic (exact) mass is 361 g/mol. The van der Waals surface area contributed by atoms with E-state index < -0.39 is 6.10 Å². The highest BCUT2D eigenvalue weighted by molar-refractivity contribution is 14.1. The molecule has 0 bridgehead atoms. The lowest BCUT2D eigenvalue weighted by molar-refractivity contribution is -0.128. The Morgan fingerprint density at radius 2 is 1.83 bits per heavy atom. The van der Waals surface area contributed by atoms with Gasteiger partial charge in [-0.2, -0.15) is 0 Å². The van der Waals surface area contributed by atoms with E-state index in [4.69, 9.17) is 4.74 Å². The number of benzene rings is 1. The molecule has 0 fully saturated rings. The van der Waals surface area contributed by atoms with E-state index in [9.17, 15) is 4.79 Å². The van der Waals surface area contributed by atoms with Gasteiger partial charge in [0, 0.05) is 9.61 Å². The Morgan fingerprint density at radius 3 is 2.33 bits per heavy atom. The maximum Gasteiger partial charge on any atom is 0.260 e. The van der Waals surface area contributed by atoms with Crippen molar-refractivity contribution in [1.29, 1.82) is 0 Å². The zero-order valence-electron chi connectivity index (χ0n) is 11.1. The molecule has 0 aliphatic heterocycles. The Labute approximate surface area is 122 Å². The highest BCUT2D eigenvalue weighted by atomic mass is 127. The first-order valence-corrected chi connectivity index (χ1v) is 7.37. The van der Waals surface area contributed by atoms with Crippen molar-refractivity contribution in [3.05, 3.63) is 27.8 Å². The Kier molecular flexibility index (Phi) is 6.46. The van der Waals surface area contributed by atoms with Crippen LogP contribution in [0.2, 0.25) is 0 Å². The van der Waals surface area contributed by atoms with E-state index in [0.717, 1.165) is 22.2 Å². The predicted molar refractivity (Wildman–Crippen MR) is 81.8 cm³/mol. The highest BCUT2D eigenvalue weighted by Gasteiger charge is 2.17. The van der Waals surface area contributed by atoms with Crippen molar-refractivity contribution >= 4 is 28.5 Å². The summed E-state index contributed by atoms with van der Waals surface area (Å²) in [7, 11) is 0. The van der Waals surface area contributed by atoms with Crippen LogP contribution in [-0.4, -0.2) is 18.1 Å². The predicted octanol–water partition coefficient (Wildman–Crippen LogP) is 3.36. The van der Waals surface area contributed by atoms with Crippen molar-refractivity contribution in [2.24, 2.45) is 0 Å². The van der Waals surface area contributed by atoms with Crippen molar-refractivity contribution in [2.75, 3.05) is 0 Å². The molecule has 1 unspecified atom stereocenters. The molecule has 4 heteroatoms. The van der Waals surface area contributed by atoms with E-state index in [2.05, 4.69) is 41.8 Å². The van der Waals surface area contributed by atoms with Crippen molar-refractivity contribution in [1.82, 2.24) is 5.32 Å². The molecule has 0 heterocycles. The third-order valence-corrected chi connectivity index (χ3v) is 3.55. The van der Waals surface area contributed by atoms with Gasteiger partial charge in [0.1, 0.15) is 5.75 Å². The molecule has 1 aromatic carbocycles. The van der Waals surface area contributed by atoms with Crippen LogP contribution in [0.4, 0.5) is 0 Å². The first-order chi connectivity index (χ1) is 8.56. The molecule has 1 atom stereocenters. The summed E-state index contributed by atoms with van der Waals surface area (Å²) in [5.41, 5.74) is 0. The van der Waals surface area contributed by atoms with E-state index in [-0.39, 0.29) is 11.9 Å². The van der Waals surface area contributed by atoms with Gasteiger partial charge in [0.15, 0.2) is 6.10 Å². The van der Waals surface area contributed by atoms with Gasteiger partial charge in [0.25, 0.3) is 5.91 Å². The minimum Gasteiger partial charge on any atom is -0.481 e. The molecule has 1 amide bonds. The minimum atomic E-state index is -0.467. The van der Waals surface area contributed by atoms with E-state index in [0.29, 0.717) is 0 Å². The lowest BCUT2D eigenvalue weighted by atomic mass is 10.1. The van der Waals surface area contributed by atoms with E-state index in [1.807, 2.05) is 24.3 Å². The fraction of sp³-hybridized carbons (Fsp3) is 0.500. The fourth-order valence-electron chi connectivity index (χ4n) is 1.58. The van der Waals surface area contributed by atoms with Crippen LogP contribution in [0.15, 0.2) is 24.3 Å². The minimum absolute atomic E-state index is 0.0535. The molecule has 1 N–H and O–H groups in total. The number of hydrogen-bond donors (Lipinski definition) is 1. The van der Waals surface area contributed by atoms with E-state index in [1.54, 1.807) is 6.92 Å². The van der Waals surface area contributed by atoms with Gasteiger partial charge in [-0.15, -0.1) is 0 Å². The Morgan fingerprint density at radius 1 is 1.28 bits per heavy atom. The lowest BCUT2D eigenvalue weighted by Crippen LogP contribution is -2.42. The van der Waals surface area contributed by atoms with Crippen molar-refractivity contribution in [3.8, 4) is 5.75 Å². The number of ether oxygens (including phenoxy) is 1. The molecular formula is C14H20INO2. The normalized spacial score (nSPS) is 12.3. The smallest absolute Gasteiger partial charge is 0.260 e. The summed E-state index contributed by atoms with van der Waals surface area (Å²) in [5, 5.41) is 2.98. The Bertz CT molecular complexity index is 374. The van der Waals surface area contributed by atoms with Gasteiger partial charge in [0.05, 0.1) is 0 Å². The van der Waals surface area contributed by atoms with Gasteiger partial charge >= 0.3 is 0 Å². The van der Waals surface area contributed by atoms with E-state index >= 15 is 0 Å². The quantitative estimate of drug-likeness (QED) is 0.790. The lowest BCUT2D eigenvalue weighted by Gasteiger charge is -2.19. The number of halogens is 1. The van der Waals surface area contributed by atoms with Gasteiger partial charge in [-0.05, 0) is 66.6 Å². The molecule has 0 saturated carbocycles. The van der Waals surface area contributed by atoms with Crippen LogP contribution in [0.25, 0.3) is 0 Å². The van der Waals surface area contributed by atoms with Crippen LogP contribution < -0.4 is 10.1 Å². The molecule has 0 aliphatic carbocycles. The molecule has 0 spiro atoms. The number of nitrogens with one attached hydrogen (secondary N) is 1.